The highest BCUT2D eigenvalue weighted by molar-refractivity contribution is 5.90. The number of aromatic nitrogens is 1. The molecule has 0 aromatic carbocycles. The van der Waals surface area contributed by atoms with Crippen molar-refractivity contribution in [1.29, 1.82) is 0 Å². The summed E-state index contributed by atoms with van der Waals surface area (Å²) in [6.45, 7) is 3.50. The van der Waals surface area contributed by atoms with Gasteiger partial charge in [-0.05, 0) is 23.6 Å². The summed E-state index contributed by atoms with van der Waals surface area (Å²) < 4.78 is 26.8. The molecule has 1 amide bonds. The third-order valence-electron chi connectivity index (χ3n) is 4.11. The Morgan fingerprint density at radius 3 is 2.38 bits per heavy atom. The minimum Gasteiger partial charge on any atom is -0.394 e. The zero-order valence-corrected chi connectivity index (χ0v) is 12.1. The fourth-order valence-electron chi connectivity index (χ4n) is 2.73. The van der Waals surface area contributed by atoms with Crippen LogP contribution in [0.25, 0.3) is 0 Å². The number of hydrogen-bond acceptors (Lipinski definition) is 3. The fraction of sp³-hybridized carbons (Fsp3) is 0.600. The number of aliphatic hydroxyl groups is 1. The van der Waals surface area contributed by atoms with Crippen molar-refractivity contribution in [3.63, 3.8) is 0 Å². The maximum atomic E-state index is 13.4. The Kier molecular flexibility index (Phi) is 4.27. The van der Waals surface area contributed by atoms with Crippen molar-refractivity contribution < 1.29 is 18.7 Å². The molecule has 1 aromatic heterocycles. The normalized spacial score (nSPS) is 20.7. The number of halogens is 2. The van der Waals surface area contributed by atoms with E-state index in [-0.39, 0.29) is 12.5 Å². The van der Waals surface area contributed by atoms with Crippen LogP contribution in [-0.2, 0) is 10.2 Å². The van der Waals surface area contributed by atoms with E-state index >= 15 is 0 Å². The first-order valence-electron chi connectivity index (χ1n) is 7.01. The summed E-state index contributed by atoms with van der Waals surface area (Å²) in [6.07, 6.45) is 1.97. The Morgan fingerprint density at radius 1 is 1.38 bits per heavy atom. The predicted octanol–water partition coefficient (Wildman–Crippen LogP) is 1.88. The molecular weight excluding hydrogens is 278 g/mol. The van der Waals surface area contributed by atoms with Crippen molar-refractivity contribution in [2.75, 3.05) is 6.61 Å². The number of carbonyl (C=O) groups excluding carboxylic acids is 1. The lowest BCUT2D eigenvalue weighted by atomic mass is 9.61. The molecule has 1 aliphatic carbocycles. The third-order valence-corrected chi connectivity index (χ3v) is 4.11. The van der Waals surface area contributed by atoms with E-state index in [9.17, 15) is 18.7 Å². The predicted molar refractivity (Wildman–Crippen MR) is 74.0 cm³/mol. The molecule has 2 N–H and O–H groups in total. The average Bonchev–Trinajstić information content (AvgIpc) is 2.41. The molecule has 1 saturated carbocycles. The molecule has 116 valence electrons. The molecule has 1 aliphatic rings. The van der Waals surface area contributed by atoms with Gasteiger partial charge in [-0.15, -0.1) is 0 Å². The van der Waals surface area contributed by atoms with Crippen molar-refractivity contribution in [2.45, 2.75) is 44.1 Å². The minimum absolute atomic E-state index is 0.0222. The molecular formula is C15H20F2N2O2. The number of carbonyl (C=O) groups is 1. The Balaban J connectivity index is 2.24. The van der Waals surface area contributed by atoms with Crippen LogP contribution in [0.15, 0.2) is 24.5 Å². The fourth-order valence-corrected chi connectivity index (χ4v) is 2.73. The summed E-state index contributed by atoms with van der Waals surface area (Å²) >= 11 is 0. The summed E-state index contributed by atoms with van der Waals surface area (Å²) in [5.41, 5.74) is -0.684. The largest absolute Gasteiger partial charge is 0.394 e. The second kappa shape index (κ2) is 5.67. The zero-order valence-electron chi connectivity index (χ0n) is 12.1. The summed E-state index contributed by atoms with van der Waals surface area (Å²) in [5, 5.41) is 12.0. The molecule has 0 unspecified atom stereocenters. The van der Waals surface area contributed by atoms with Gasteiger partial charge in [-0.2, -0.15) is 0 Å². The number of nitrogens with zero attached hydrogens (tertiary/aromatic N) is 1. The third kappa shape index (κ3) is 3.05. The molecule has 0 bridgehead atoms. The van der Waals surface area contributed by atoms with Crippen LogP contribution < -0.4 is 5.32 Å². The van der Waals surface area contributed by atoms with Gasteiger partial charge in [0.05, 0.1) is 18.1 Å². The van der Waals surface area contributed by atoms with Crippen molar-refractivity contribution in [3.8, 4) is 0 Å². The summed E-state index contributed by atoms with van der Waals surface area (Å²) in [7, 11) is 0. The molecule has 1 fully saturated rings. The van der Waals surface area contributed by atoms with Crippen LogP contribution in [-0.4, -0.2) is 34.6 Å². The molecule has 6 heteroatoms. The van der Waals surface area contributed by atoms with Gasteiger partial charge in [0.25, 0.3) is 5.92 Å². The van der Waals surface area contributed by atoms with E-state index in [1.165, 1.54) is 12.4 Å². The molecule has 0 radical (unpaired) electrons. The van der Waals surface area contributed by atoms with Crippen LogP contribution >= 0.6 is 0 Å². The van der Waals surface area contributed by atoms with Crippen LogP contribution in [0.1, 0.15) is 32.3 Å². The lowest BCUT2D eigenvalue weighted by Gasteiger charge is -2.46. The summed E-state index contributed by atoms with van der Waals surface area (Å²) in [5.74, 6) is -3.26. The molecule has 0 spiro atoms. The van der Waals surface area contributed by atoms with E-state index < -0.39 is 36.1 Å². The molecule has 4 nitrogen and oxygen atoms in total. The number of alkyl halides is 2. The highest BCUT2D eigenvalue weighted by Gasteiger charge is 2.61. The van der Waals surface area contributed by atoms with E-state index in [0.717, 1.165) is 0 Å². The number of pyridine rings is 1. The van der Waals surface area contributed by atoms with Crippen LogP contribution in [0.4, 0.5) is 8.78 Å². The first-order chi connectivity index (χ1) is 9.81. The quantitative estimate of drug-likeness (QED) is 0.872. The van der Waals surface area contributed by atoms with Crippen molar-refractivity contribution in [3.05, 3.63) is 30.1 Å². The maximum Gasteiger partial charge on any atom is 0.250 e. The molecule has 0 saturated heterocycles. The Morgan fingerprint density at radius 2 is 1.95 bits per heavy atom. The Bertz CT molecular complexity index is 498. The smallest absolute Gasteiger partial charge is 0.250 e. The monoisotopic (exact) mass is 298 g/mol. The highest BCUT2D eigenvalue weighted by Crippen LogP contribution is 2.53. The minimum atomic E-state index is -2.83. The van der Waals surface area contributed by atoms with Crippen LogP contribution in [0.2, 0.25) is 0 Å². The zero-order chi connectivity index (χ0) is 15.7. The van der Waals surface area contributed by atoms with Crippen molar-refractivity contribution in [2.24, 2.45) is 5.92 Å². The lowest BCUT2D eigenvalue weighted by Crippen LogP contribution is -2.60. The van der Waals surface area contributed by atoms with Gasteiger partial charge in [0.15, 0.2) is 0 Å². The van der Waals surface area contributed by atoms with Gasteiger partial charge in [-0.3, -0.25) is 9.78 Å². The van der Waals surface area contributed by atoms with E-state index in [0.29, 0.717) is 5.56 Å². The van der Waals surface area contributed by atoms with Crippen LogP contribution in [0.3, 0.4) is 0 Å². The van der Waals surface area contributed by atoms with Crippen molar-refractivity contribution >= 4 is 5.91 Å². The van der Waals surface area contributed by atoms with Crippen LogP contribution in [0, 0.1) is 5.92 Å². The highest BCUT2D eigenvalue weighted by atomic mass is 19.3. The molecule has 1 atom stereocenters. The molecule has 2 rings (SSSR count). The first kappa shape index (κ1) is 15.8. The Hall–Kier alpha value is -1.56. The average molecular weight is 298 g/mol. The lowest BCUT2D eigenvalue weighted by molar-refractivity contribution is -0.160. The molecule has 1 aromatic rings. The van der Waals surface area contributed by atoms with E-state index in [1.54, 1.807) is 12.1 Å². The van der Waals surface area contributed by atoms with E-state index in [4.69, 9.17) is 0 Å². The second-order valence-corrected chi connectivity index (χ2v) is 6.03. The summed E-state index contributed by atoms with van der Waals surface area (Å²) in [6, 6.07) is 2.75. The molecule has 21 heavy (non-hydrogen) atoms. The number of amides is 1. The van der Waals surface area contributed by atoms with Gasteiger partial charge >= 0.3 is 0 Å². The van der Waals surface area contributed by atoms with Gasteiger partial charge in [0.1, 0.15) is 0 Å². The van der Waals surface area contributed by atoms with Gasteiger partial charge in [0, 0.05) is 25.2 Å². The number of hydrogen-bond donors (Lipinski definition) is 2. The topological polar surface area (TPSA) is 62.2 Å². The van der Waals surface area contributed by atoms with Gasteiger partial charge in [-0.1, -0.05) is 13.8 Å². The van der Waals surface area contributed by atoms with E-state index in [2.05, 4.69) is 10.3 Å². The SMILES string of the molecule is CC(C)[C@@H](CO)NC(=O)C1(c2ccncc2)CC(F)(F)C1. The van der Waals surface area contributed by atoms with Gasteiger partial charge in [-0.25, -0.2) is 8.78 Å². The molecule has 0 aliphatic heterocycles. The number of nitrogens with one attached hydrogen (secondary N) is 1. The summed E-state index contributed by atoms with van der Waals surface area (Å²) in [4.78, 5) is 16.4. The van der Waals surface area contributed by atoms with Gasteiger partial charge < -0.3 is 10.4 Å². The molecule has 1 heterocycles. The van der Waals surface area contributed by atoms with Crippen LogP contribution in [0.5, 0.6) is 0 Å². The van der Waals surface area contributed by atoms with Gasteiger partial charge in [0.2, 0.25) is 5.91 Å². The second-order valence-electron chi connectivity index (χ2n) is 6.03. The first-order valence-corrected chi connectivity index (χ1v) is 7.01. The standard InChI is InChI=1S/C15H20F2N2O2/c1-10(2)12(7-20)19-13(21)14(8-15(16,17)9-14)11-3-5-18-6-4-11/h3-6,10,12,20H,7-9H2,1-2H3,(H,19,21)/t12-/m1/s1. The number of rotatable bonds is 5. The van der Waals surface area contributed by atoms with Crippen molar-refractivity contribution in [1.82, 2.24) is 10.3 Å². The number of aliphatic hydroxyl groups excluding tert-OH is 1. The van der Waals surface area contributed by atoms with E-state index in [1.807, 2.05) is 13.8 Å². The maximum absolute atomic E-state index is 13.4. The Labute approximate surface area is 122 Å².